The molecule has 3 aliphatic rings. The second kappa shape index (κ2) is 6.67. The molecule has 1 saturated heterocycles. The first-order valence-electron chi connectivity index (χ1n) is 10.7. The van der Waals surface area contributed by atoms with Crippen LogP contribution in [0.15, 0.2) is 48.5 Å². The van der Waals surface area contributed by atoms with Gasteiger partial charge in [0, 0.05) is 12.1 Å². The van der Waals surface area contributed by atoms with E-state index in [0.29, 0.717) is 0 Å². The molecule has 0 amide bonds. The van der Waals surface area contributed by atoms with Gasteiger partial charge in [0.15, 0.2) is 0 Å². The fourth-order valence-corrected chi connectivity index (χ4v) is 6.68. The summed E-state index contributed by atoms with van der Waals surface area (Å²) in [6.07, 6.45) is 6.68. The third-order valence-electron chi connectivity index (χ3n) is 7.53. The van der Waals surface area contributed by atoms with Gasteiger partial charge in [0.1, 0.15) is 5.75 Å². The standard InChI is InChI=1S/C25H31NO/c1-18-13-20-14-21-15-22(27-2)10-11-24(21)25(16-18)23(20)9-6-12-26(25)17-19-7-4-3-5-8-19/h3-5,7-8,10-11,15,18,20,23H,6,9,12-14,16-17H2,1-2H3/t18-,20+,23-,25-/m1/s1. The lowest BCUT2D eigenvalue weighted by Gasteiger charge is -2.62. The molecule has 2 aliphatic carbocycles. The van der Waals surface area contributed by atoms with Crippen LogP contribution in [0.2, 0.25) is 0 Å². The van der Waals surface area contributed by atoms with Crippen LogP contribution in [0, 0.1) is 17.8 Å². The van der Waals surface area contributed by atoms with Crippen LogP contribution in [0.3, 0.4) is 0 Å². The fourth-order valence-electron chi connectivity index (χ4n) is 6.68. The summed E-state index contributed by atoms with van der Waals surface area (Å²) >= 11 is 0. The van der Waals surface area contributed by atoms with Crippen molar-refractivity contribution in [1.29, 1.82) is 0 Å². The zero-order chi connectivity index (χ0) is 18.4. The minimum absolute atomic E-state index is 0.219. The molecule has 1 heterocycles. The third kappa shape index (κ3) is 2.72. The smallest absolute Gasteiger partial charge is 0.119 e. The molecule has 2 aromatic rings. The lowest BCUT2D eigenvalue weighted by atomic mass is 9.52. The number of methoxy groups -OCH3 is 1. The van der Waals surface area contributed by atoms with Crippen LogP contribution in [0.1, 0.15) is 49.3 Å². The Balaban J connectivity index is 1.63. The second-order valence-corrected chi connectivity index (χ2v) is 9.11. The summed E-state index contributed by atoms with van der Waals surface area (Å²) in [6.45, 7) is 4.77. The SMILES string of the molecule is COc1ccc2c(c1)C[C@@H]1C[C@@H](C)C[C@@]23[C@@H]1CCCN3Cc1ccccc1. The van der Waals surface area contributed by atoms with Crippen LogP contribution in [-0.4, -0.2) is 18.6 Å². The average Bonchev–Trinajstić information content (AvgIpc) is 2.68. The van der Waals surface area contributed by atoms with Crippen LogP contribution in [0.4, 0.5) is 0 Å². The minimum Gasteiger partial charge on any atom is -0.497 e. The Hall–Kier alpha value is -1.80. The summed E-state index contributed by atoms with van der Waals surface area (Å²) in [5.41, 5.74) is 4.81. The van der Waals surface area contributed by atoms with E-state index in [2.05, 4.69) is 60.4 Å². The van der Waals surface area contributed by atoms with Crippen molar-refractivity contribution in [1.82, 2.24) is 4.90 Å². The molecule has 0 aromatic heterocycles. The zero-order valence-corrected chi connectivity index (χ0v) is 16.7. The number of rotatable bonds is 3. The molecule has 2 nitrogen and oxygen atoms in total. The van der Waals surface area contributed by atoms with Gasteiger partial charge < -0.3 is 4.74 Å². The lowest BCUT2D eigenvalue weighted by Crippen LogP contribution is -2.61. The van der Waals surface area contributed by atoms with Gasteiger partial charge in [-0.15, -0.1) is 0 Å². The van der Waals surface area contributed by atoms with Gasteiger partial charge in [0.25, 0.3) is 0 Å². The summed E-state index contributed by atoms with van der Waals surface area (Å²) in [5.74, 6) is 3.46. The summed E-state index contributed by atoms with van der Waals surface area (Å²) in [5, 5.41) is 0. The number of nitrogens with zero attached hydrogens (tertiary/aromatic N) is 1. The molecule has 5 rings (SSSR count). The first-order chi connectivity index (χ1) is 13.2. The molecular weight excluding hydrogens is 330 g/mol. The Bertz CT molecular complexity index is 816. The van der Waals surface area contributed by atoms with Crippen molar-refractivity contribution >= 4 is 0 Å². The quantitative estimate of drug-likeness (QED) is 0.725. The maximum absolute atomic E-state index is 5.57. The van der Waals surface area contributed by atoms with E-state index in [1.807, 2.05) is 0 Å². The fraction of sp³-hybridized carbons (Fsp3) is 0.520. The summed E-state index contributed by atoms with van der Waals surface area (Å²) < 4.78 is 5.57. The van der Waals surface area contributed by atoms with E-state index in [1.54, 1.807) is 18.2 Å². The second-order valence-electron chi connectivity index (χ2n) is 9.11. The molecule has 0 spiro atoms. The number of benzene rings is 2. The maximum atomic E-state index is 5.57. The van der Waals surface area contributed by atoms with E-state index in [1.165, 1.54) is 44.2 Å². The highest BCUT2D eigenvalue weighted by atomic mass is 16.5. The van der Waals surface area contributed by atoms with E-state index < -0.39 is 0 Å². The molecule has 2 aromatic carbocycles. The number of piperidine rings is 1. The van der Waals surface area contributed by atoms with Crippen LogP contribution < -0.4 is 4.74 Å². The number of ether oxygens (including phenoxy) is 1. The van der Waals surface area contributed by atoms with E-state index in [4.69, 9.17) is 4.74 Å². The number of fused-ring (bicyclic) bond motifs is 1. The van der Waals surface area contributed by atoms with Crippen LogP contribution >= 0.6 is 0 Å². The van der Waals surface area contributed by atoms with Crippen LogP contribution in [-0.2, 0) is 18.5 Å². The van der Waals surface area contributed by atoms with Gasteiger partial charge in [0.05, 0.1) is 7.11 Å². The van der Waals surface area contributed by atoms with Crippen molar-refractivity contribution in [3.05, 3.63) is 65.2 Å². The third-order valence-corrected chi connectivity index (χ3v) is 7.53. The highest BCUT2D eigenvalue weighted by Crippen LogP contribution is 2.59. The van der Waals surface area contributed by atoms with E-state index in [9.17, 15) is 0 Å². The molecule has 27 heavy (non-hydrogen) atoms. The molecule has 142 valence electrons. The summed E-state index contributed by atoms with van der Waals surface area (Å²) in [4.78, 5) is 2.85. The van der Waals surface area contributed by atoms with Gasteiger partial charge in [-0.2, -0.15) is 0 Å². The Kier molecular flexibility index (Phi) is 4.27. The van der Waals surface area contributed by atoms with Crippen molar-refractivity contribution in [3.8, 4) is 5.75 Å². The van der Waals surface area contributed by atoms with Gasteiger partial charge in [0.2, 0.25) is 0 Å². The van der Waals surface area contributed by atoms with Crippen molar-refractivity contribution in [2.24, 2.45) is 17.8 Å². The van der Waals surface area contributed by atoms with Gasteiger partial charge in [-0.25, -0.2) is 0 Å². The average molecular weight is 362 g/mol. The molecular formula is C25H31NO. The number of likely N-dealkylation sites (tertiary alicyclic amines) is 1. The maximum Gasteiger partial charge on any atom is 0.119 e. The molecule has 2 fully saturated rings. The molecule has 1 aliphatic heterocycles. The summed E-state index contributed by atoms with van der Waals surface area (Å²) in [6, 6.07) is 18.0. The van der Waals surface area contributed by atoms with Crippen molar-refractivity contribution in [2.45, 2.75) is 51.1 Å². The molecule has 0 unspecified atom stereocenters. The van der Waals surface area contributed by atoms with Gasteiger partial charge >= 0.3 is 0 Å². The van der Waals surface area contributed by atoms with Crippen molar-refractivity contribution in [3.63, 3.8) is 0 Å². The largest absolute Gasteiger partial charge is 0.497 e. The molecule has 0 radical (unpaired) electrons. The Morgan fingerprint density at radius 3 is 2.81 bits per heavy atom. The molecule has 2 bridgehead atoms. The predicted octanol–water partition coefficient (Wildman–Crippen LogP) is 5.40. The Morgan fingerprint density at radius 2 is 2.00 bits per heavy atom. The Morgan fingerprint density at radius 1 is 1.15 bits per heavy atom. The lowest BCUT2D eigenvalue weighted by molar-refractivity contribution is -0.0960. The normalized spacial score (nSPS) is 32.4. The first kappa shape index (κ1) is 17.3. The predicted molar refractivity (Wildman–Crippen MR) is 110 cm³/mol. The van der Waals surface area contributed by atoms with Gasteiger partial charge in [-0.1, -0.05) is 43.3 Å². The topological polar surface area (TPSA) is 12.5 Å². The molecule has 2 heteroatoms. The number of hydrogen-bond acceptors (Lipinski definition) is 2. The molecule has 1 saturated carbocycles. The Labute approximate surface area is 163 Å². The highest BCUT2D eigenvalue weighted by Gasteiger charge is 2.56. The number of hydrogen-bond donors (Lipinski definition) is 0. The van der Waals surface area contributed by atoms with Gasteiger partial charge in [-0.05, 0) is 85.2 Å². The van der Waals surface area contributed by atoms with E-state index in [-0.39, 0.29) is 5.54 Å². The van der Waals surface area contributed by atoms with Crippen LogP contribution in [0.5, 0.6) is 5.75 Å². The van der Waals surface area contributed by atoms with E-state index in [0.717, 1.165) is 30.0 Å². The minimum atomic E-state index is 0.219. The monoisotopic (exact) mass is 361 g/mol. The highest BCUT2D eigenvalue weighted by molar-refractivity contribution is 5.44. The first-order valence-corrected chi connectivity index (χ1v) is 10.7. The van der Waals surface area contributed by atoms with Crippen molar-refractivity contribution in [2.75, 3.05) is 13.7 Å². The molecule has 4 atom stereocenters. The van der Waals surface area contributed by atoms with E-state index >= 15 is 0 Å². The van der Waals surface area contributed by atoms with Crippen molar-refractivity contribution < 1.29 is 4.74 Å². The zero-order valence-electron chi connectivity index (χ0n) is 16.7. The molecule has 0 N–H and O–H groups in total. The summed E-state index contributed by atoms with van der Waals surface area (Å²) in [7, 11) is 1.79. The van der Waals surface area contributed by atoms with Gasteiger partial charge in [-0.3, -0.25) is 4.90 Å². The van der Waals surface area contributed by atoms with Crippen LogP contribution in [0.25, 0.3) is 0 Å².